The predicted octanol–water partition coefficient (Wildman–Crippen LogP) is 6.33. The Kier molecular flexibility index (Phi) is 6.36. The standard InChI is InChI=1S/C34H26ClN3O4S/c35-28-18-26-22-10-4-5-11-23(22)30(24-12-6-7-13-25(24)33(26)43-28)38-29-20-41-17-16-36(29)34(40)31-32(27(39)14-15-37(31)38)42-19-21-8-2-1-3-9-21/h1-15,18,29-30H,16-17,19-20H2/t29-,30?/m1/s1. The first-order chi connectivity index (χ1) is 21.1. The summed E-state index contributed by atoms with van der Waals surface area (Å²) in [5.74, 6) is -0.196. The number of thiophene rings is 1. The van der Waals surface area contributed by atoms with Crippen LogP contribution in [0.15, 0.2) is 102 Å². The summed E-state index contributed by atoms with van der Waals surface area (Å²) in [5.41, 5.74) is 6.18. The van der Waals surface area contributed by atoms with E-state index in [1.807, 2.05) is 70.2 Å². The highest BCUT2D eigenvalue weighted by Gasteiger charge is 2.46. The van der Waals surface area contributed by atoms with Gasteiger partial charge in [-0.05, 0) is 33.9 Å². The van der Waals surface area contributed by atoms with E-state index in [-0.39, 0.29) is 35.4 Å². The number of amides is 1. The topological polar surface area (TPSA) is 64.0 Å². The number of fused-ring (bicyclic) bond motifs is 7. The average molecular weight is 608 g/mol. The van der Waals surface area contributed by atoms with Gasteiger partial charge in [0, 0.05) is 29.2 Å². The molecule has 3 aromatic carbocycles. The second-order valence-corrected chi connectivity index (χ2v) is 12.5. The van der Waals surface area contributed by atoms with Crippen molar-refractivity contribution >= 4 is 28.8 Å². The lowest BCUT2D eigenvalue weighted by Gasteiger charge is -2.51. The maximum atomic E-state index is 14.2. The molecule has 1 amide bonds. The van der Waals surface area contributed by atoms with E-state index in [0.717, 1.165) is 42.6 Å². The Labute approximate surface area is 257 Å². The summed E-state index contributed by atoms with van der Waals surface area (Å²) in [4.78, 5) is 30.4. The highest BCUT2D eigenvalue weighted by Crippen LogP contribution is 2.51. The number of halogens is 1. The smallest absolute Gasteiger partial charge is 0.278 e. The number of benzene rings is 3. The third-order valence-electron chi connectivity index (χ3n) is 8.39. The quantitative estimate of drug-likeness (QED) is 0.239. The molecule has 0 bridgehead atoms. The number of morpholine rings is 1. The summed E-state index contributed by atoms with van der Waals surface area (Å²) in [5, 5.41) is 2.18. The summed E-state index contributed by atoms with van der Waals surface area (Å²) in [7, 11) is 0. The number of pyridine rings is 1. The predicted molar refractivity (Wildman–Crippen MR) is 167 cm³/mol. The molecule has 8 rings (SSSR count). The van der Waals surface area contributed by atoms with Crippen LogP contribution in [0.3, 0.4) is 0 Å². The molecule has 214 valence electrons. The molecule has 1 saturated heterocycles. The highest BCUT2D eigenvalue weighted by molar-refractivity contribution is 7.20. The van der Waals surface area contributed by atoms with Gasteiger partial charge in [0.2, 0.25) is 5.43 Å². The van der Waals surface area contributed by atoms with E-state index in [4.69, 9.17) is 21.1 Å². The molecule has 9 heteroatoms. The lowest BCUT2D eigenvalue weighted by atomic mass is 9.92. The molecule has 1 fully saturated rings. The molecular formula is C34H26ClN3O4S. The fraction of sp³-hybridized carbons (Fsp3) is 0.176. The fourth-order valence-electron chi connectivity index (χ4n) is 6.53. The van der Waals surface area contributed by atoms with Gasteiger partial charge >= 0.3 is 0 Å². The molecule has 0 saturated carbocycles. The Balaban J connectivity index is 1.37. The van der Waals surface area contributed by atoms with Crippen molar-refractivity contribution in [2.75, 3.05) is 24.8 Å². The Morgan fingerprint density at radius 3 is 2.42 bits per heavy atom. The molecule has 0 N–H and O–H groups in total. The summed E-state index contributed by atoms with van der Waals surface area (Å²) < 4.78 is 14.7. The minimum atomic E-state index is -0.413. The zero-order valence-corrected chi connectivity index (χ0v) is 24.6. The van der Waals surface area contributed by atoms with Crippen molar-refractivity contribution in [2.45, 2.75) is 18.8 Å². The van der Waals surface area contributed by atoms with E-state index in [1.165, 1.54) is 6.07 Å². The minimum absolute atomic E-state index is 0.0485. The van der Waals surface area contributed by atoms with Gasteiger partial charge in [-0.3, -0.25) is 19.3 Å². The van der Waals surface area contributed by atoms with Crippen LogP contribution in [0, 0.1) is 0 Å². The van der Waals surface area contributed by atoms with Crippen molar-refractivity contribution in [3.05, 3.63) is 134 Å². The van der Waals surface area contributed by atoms with E-state index < -0.39 is 6.17 Å². The molecule has 2 aromatic heterocycles. The second kappa shape index (κ2) is 10.4. The number of ether oxygens (including phenoxy) is 2. The normalized spacial score (nSPS) is 18.6. The Morgan fingerprint density at radius 2 is 1.60 bits per heavy atom. The van der Waals surface area contributed by atoms with Gasteiger partial charge in [-0.25, -0.2) is 0 Å². The minimum Gasteiger partial charge on any atom is -0.482 e. The summed E-state index contributed by atoms with van der Waals surface area (Å²) in [6, 6.07) is 29.5. The van der Waals surface area contributed by atoms with E-state index in [1.54, 1.807) is 17.5 Å². The van der Waals surface area contributed by atoms with E-state index in [0.29, 0.717) is 19.8 Å². The van der Waals surface area contributed by atoms with Gasteiger partial charge in [-0.1, -0.05) is 90.5 Å². The molecule has 1 aliphatic carbocycles. The van der Waals surface area contributed by atoms with Crippen LogP contribution in [0.2, 0.25) is 4.34 Å². The van der Waals surface area contributed by atoms with Gasteiger partial charge < -0.3 is 14.4 Å². The molecular weight excluding hydrogens is 582 g/mol. The molecule has 1 unspecified atom stereocenters. The van der Waals surface area contributed by atoms with Crippen molar-refractivity contribution in [1.29, 1.82) is 0 Å². The molecule has 5 aromatic rings. The lowest BCUT2D eigenvalue weighted by Crippen LogP contribution is -2.66. The van der Waals surface area contributed by atoms with Crippen LogP contribution >= 0.6 is 22.9 Å². The molecule has 4 heterocycles. The van der Waals surface area contributed by atoms with Crippen LogP contribution in [-0.4, -0.2) is 41.4 Å². The number of rotatable bonds is 4. The second-order valence-electron chi connectivity index (χ2n) is 10.8. The maximum Gasteiger partial charge on any atom is 0.278 e. The summed E-state index contributed by atoms with van der Waals surface area (Å²) in [6.45, 7) is 1.32. The van der Waals surface area contributed by atoms with Crippen LogP contribution in [0.1, 0.15) is 33.2 Å². The number of carbonyl (C=O) groups excluding carboxylic acids is 1. The third-order valence-corrected chi connectivity index (χ3v) is 9.69. The Bertz CT molecular complexity index is 1870. The van der Waals surface area contributed by atoms with Crippen LogP contribution in [0.5, 0.6) is 5.75 Å². The van der Waals surface area contributed by atoms with Crippen LogP contribution in [0.4, 0.5) is 0 Å². The monoisotopic (exact) mass is 607 g/mol. The molecule has 2 aliphatic heterocycles. The molecule has 43 heavy (non-hydrogen) atoms. The van der Waals surface area contributed by atoms with Gasteiger partial charge in [-0.2, -0.15) is 0 Å². The van der Waals surface area contributed by atoms with Crippen molar-refractivity contribution in [3.8, 4) is 27.3 Å². The summed E-state index contributed by atoms with van der Waals surface area (Å²) in [6.07, 6.45) is 1.28. The van der Waals surface area contributed by atoms with E-state index >= 15 is 0 Å². The van der Waals surface area contributed by atoms with Crippen LogP contribution < -0.4 is 15.2 Å². The van der Waals surface area contributed by atoms with Gasteiger partial charge in [-0.15, -0.1) is 11.3 Å². The first-order valence-electron chi connectivity index (χ1n) is 14.2. The Hall–Kier alpha value is -4.37. The molecule has 3 aliphatic rings. The van der Waals surface area contributed by atoms with Gasteiger partial charge in [0.05, 0.1) is 23.6 Å². The van der Waals surface area contributed by atoms with Gasteiger partial charge in [0.1, 0.15) is 12.8 Å². The maximum absolute atomic E-state index is 14.2. The average Bonchev–Trinajstić information content (AvgIpc) is 3.40. The number of carbonyl (C=O) groups is 1. The van der Waals surface area contributed by atoms with Gasteiger partial charge in [0.25, 0.3) is 5.91 Å². The van der Waals surface area contributed by atoms with Crippen LogP contribution in [-0.2, 0) is 11.3 Å². The van der Waals surface area contributed by atoms with Crippen molar-refractivity contribution in [2.24, 2.45) is 0 Å². The van der Waals surface area contributed by atoms with E-state index in [2.05, 4.69) is 29.3 Å². The molecule has 0 radical (unpaired) electrons. The number of aromatic nitrogens is 1. The Morgan fingerprint density at radius 1 is 0.884 bits per heavy atom. The van der Waals surface area contributed by atoms with Crippen molar-refractivity contribution in [1.82, 2.24) is 9.58 Å². The highest BCUT2D eigenvalue weighted by atomic mass is 35.5. The summed E-state index contributed by atoms with van der Waals surface area (Å²) >= 11 is 8.17. The number of hydrogen-bond donors (Lipinski definition) is 0. The zero-order valence-electron chi connectivity index (χ0n) is 23.0. The largest absolute Gasteiger partial charge is 0.482 e. The third kappa shape index (κ3) is 4.20. The number of hydrogen-bond acceptors (Lipinski definition) is 6. The molecule has 0 spiro atoms. The fourth-order valence-corrected chi connectivity index (χ4v) is 7.81. The molecule has 7 nitrogen and oxygen atoms in total. The molecule has 2 atom stereocenters. The zero-order chi connectivity index (χ0) is 29.1. The van der Waals surface area contributed by atoms with E-state index in [9.17, 15) is 9.59 Å². The first kappa shape index (κ1) is 26.3. The van der Waals surface area contributed by atoms with Crippen molar-refractivity contribution < 1.29 is 14.3 Å². The number of nitrogens with zero attached hydrogens (tertiary/aromatic N) is 3. The lowest BCUT2D eigenvalue weighted by molar-refractivity contribution is -0.0197. The van der Waals surface area contributed by atoms with Crippen LogP contribution in [0.25, 0.3) is 21.6 Å². The SMILES string of the molecule is O=C1c2c(OCc3ccccc3)c(=O)ccn2N(C2c3ccccc3-c3cc(Cl)sc3-c3ccccc32)[C@@H]2COCCN12. The first-order valence-corrected chi connectivity index (χ1v) is 15.4. The van der Waals surface area contributed by atoms with Gasteiger partial charge in [0.15, 0.2) is 11.4 Å². The van der Waals surface area contributed by atoms with Crippen molar-refractivity contribution in [3.63, 3.8) is 0 Å².